The minimum atomic E-state index is -0.176. The second-order valence-corrected chi connectivity index (χ2v) is 5.49. The van der Waals surface area contributed by atoms with Crippen LogP contribution in [0.25, 0.3) is 0 Å². The summed E-state index contributed by atoms with van der Waals surface area (Å²) in [6, 6.07) is 1.84. The lowest BCUT2D eigenvalue weighted by Gasteiger charge is -2.32. The third kappa shape index (κ3) is 4.10. The second kappa shape index (κ2) is 7.28. The van der Waals surface area contributed by atoms with Crippen LogP contribution in [0.4, 0.5) is 0 Å². The van der Waals surface area contributed by atoms with Crippen LogP contribution in [0.1, 0.15) is 30.5 Å². The molecule has 0 aliphatic carbocycles. The SMILES string of the molecule is Cc1nccc([C@@H]2CN(C(=O)CCCn3cncn3)CCO2)n1. The number of nitrogens with zero attached hydrogens (tertiary/aromatic N) is 6. The fraction of sp³-hybridized carbons (Fsp3) is 0.533. The van der Waals surface area contributed by atoms with Gasteiger partial charge in [0.25, 0.3) is 0 Å². The van der Waals surface area contributed by atoms with Crippen molar-refractivity contribution in [3.8, 4) is 0 Å². The second-order valence-electron chi connectivity index (χ2n) is 5.49. The number of rotatable bonds is 5. The smallest absolute Gasteiger partial charge is 0.222 e. The zero-order valence-electron chi connectivity index (χ0n) is 13.1. The summed E-state index contributed by atoms with van der Waals surface area (Å²) in [5.74, 6) is 0.853. The Labute approximate surface area is 134 Å². The van der Waals surface area contributed by atoms with E-state index in [1.807, 2.05) is 17.9 Å². The van der Waals surface area contributed by atoms with Crippen molar-refractivity contribution in [1.82, 2.24) is 29.6 Å². The zero-order chi connectivity index (χ0) is 16.1. The fourth-order valence-electron chi connectivity index (χ4n) is 2.61. The molecule has 8 nitrogen and oxygen atoms in total. The third-order valence-corrected chi connectivity index (χ3v) is 3.79. The Bertz CT molecular complexity index is 645. The molecule has 2 aromatic heterocycles. The average Bonchev–Trinajstić information content (AvgIpc) is 3.08. The molecule has 0 saturated carbocycles. The summed E-state index contributed by atoms with van der Waals surface area (Å²) in [5, 5.41) is 4.03. The van der Waals surface area contributed by atoms with Gasteiger partial charge in [-0.05, 0) is 19.4 Å². The first kappa shape index (κ1) is 15.5. The van der Waals surface area contributed by atoms with Crippen molar-refractivity contribution >= 4 is 5.91 Å². The summed E-state index contributed by atoms with van der Waals surface area (Å²) >= 11 is 0. The van der Waals surface area contributed by atoms with Crippen molar-refractivity contribution in [1.29, 1.82) is 0 Å². The van der Waals surface area contributed by atoms with Crippen LogP contribution in [-0.4, -0.2) is 55.2 Å². The van der Waals surface area contributed by atoms with E-state index in [0.29, 0.717) is 38.5 Å². The van der Waals surface area contributed by atoms with Crippen LogP contribution in [0.5, 0.6) is 0 Å². The molecule has 8 heteroatoms. The van der Waals surface area contributed by atoms with Crippen molar-refractivity contribution in [3.63, 3.8) is 0 Å². The van der Waals surface area contributed by atoms with Crippen molar-refractivity contribution in [3.05, 3.63) is 36.4 Å². The highest BCUT2D eigenvalue weighted by Crippen LogP contribution is 2.21. The van der Waals surface area contributed by atoms with Gasteiger partial charge in [-0.15, -0.1) is 0 Å². The molecule has 1 atom stereocenters. The third-order valence-electron chi connectivity index (χ3n) is 3.79. The molecule has 1 aliphatic heterocycles. The maximum atomic E-state index is 12.4. The molecule has 1 saturated heterocycles. The Morgan fingerprint density at radius 1 is 1.48 bits per heavy atom. The summed E-state index contributed by atoms with van der Waals surface area (Å²) in [6.45, 7) is 4.24. The number of morpholine rings is 1. The summed E-state index contributed by atoms with van der Waals surface area (Å²) in [6.07, 6.45) is 5.95. The van der Waals surface area contributed by atoms with Crippen LogP contribution in [0.15, 0.2) is 24.9 Å². The Morgan fingerprint density at radius 3 is 3.17 bits per heavy atom. The summed E-state index contributed by atoms with van der Waals surface area (Å²) in [5.41, 5.74) is 0.831. The van der Waals surface area contributed by atoms with Gasteiger partial charge in [0.05, 0.1) is 18.8 Å². The number of hydrogen-bond donors (Lipinski definition) is 0. The van der Waals surface area contributed by atoms with Crippen LogP contribution in [0.3, 0.4) is 0 Å². The number of hydrogen-bond acceptors (Lipinski definition) is 6. The summed E-state index contributed by atoms with van der Waals surface area (Å²) < 4.78 is 7.49. The van der Waals surface area contributed by atoms with Gasteiger partial charge in [0.2, 0.25) is 5.91 Å². The molecule has 23 heavy (non-hydrogen) atoms. The maximum Gasteiger partial charge on any atom is 0.222 e. The zero-order valence-corrected chi connectivity index (χ0v) is 13.1. The summed E-state index contributed by atoms with van der Waals surface area (Å²) in [4.78, 5) is 26.6. The van der Waals surface area contributed by atoms with E-state index in [2.05, 4.69) is 20.1 Å². The quantitative estimate of drug-likeness (QED) is 0.809. The van der Waals surface area contributed by atoms with E-state index in [1.54, 1.807) is 17.2 Å². The van der Waals surface area contributed by atoms with Gasteiger partial charge in [-0.3, -0.25) is 9.48 Å². The number of carbonyl (C=O) groups is 1. The highest BCUT2D eigenvalue weighted by atomic mass is 16.5. The molecule has 122 valence electrons. The highest BCUT2D eigenvalue weighted by molar-refractivity contribution is 5.76. The molecule has 1 fully saturated rings. The molecule has 3 rings (SSSR count). The van der Waals surface area contributed by atoms with Crippen molar-refractivity contribution in [2.24, 2.45) is 0 Å². The molecule has 3 heterocycles. The van der Waals surface area contributed by atoms with Crippen LogP contribution < -0.4 is 0 Å². The van der Waals surface area contributed by atoms with Gasteiger partial charge in [0, 0.05) is 25.7 Å². The lowest BCUT2D eigenvalue weighted by molar-refractivity contribution is -0.139. The van der Waals surface area contributed by atoms with Crippen molar-refractivity contribution in [2.45, 2.75) is 32.4 Å². The average molecular weight is 316 g/mol. The van der Waals surface area contributed by atoms with Crippen molar-refractivity contribution < 1.29 is 9.53 Å². The molecule has 1 amide bonds. The van der Waals surface area contributed by atoms with Gasteiger partial charge in [-0.25, -0.2) is 15.0 Å². The molecule has 0 spiro atoms. The van der Waals surface area contributed by atoms with Gasteiger partial charge in [0.15, 0.2) is 0 Å². The van der Waals surface area contributed by atoms with E-state index in [-0.39, 0.29) is 12.0 Å². The fourth-order valence-corrected chi connectivity index (χ4v) is 2.61. The van der Waals surface area contributed by atoms with Gasteiger partial charge >= 0.3 is 0 Å². The lowest BCUT2D eigenvalue weighted by atomic mass is 10.1. The van der Waals surface area contributed by atoms with Gasteiger partial charge in [0.1, 0.15) is 24.6 Å². The van der Waals surface area contributed by atoms with E-state index >= 15 is 0 Å². The van der Waals surface area contributed by atoms with Crippen molar-refractivity contribution in [2.75, 3.05) is 19.7 Å². The van der Waals surface area contributed by atoms with Crippen LogP contribution >= 0.6 is 0 Å². The molecule has 0 radical (unpaired) electrons. The van der Waals surface area contributed by atoms with Gasteiger partial charge in [-0.2, -0.15) is 5.10 Å². The predicted octanol–water partition coefficient (Wildman–Crippen LogP) is 0.757. The van der Waals surface area contributed by atoms with E-state index in [1.165, 1.54) is 6.33 Å². The standard InChI is InChI=1S/C15H20N6O2/c1-12-17-5-4-13(19-12)14-9-20(7-8-23-14)15(22)3-2-6-21-11-16-10-18-21/h4-5,10-11,14H,2-3,6-9H2,1H3/t14-/m0/s1. The number of aromatic nitrogens is 5. The molecule has 2 aromatic rings. The summed E-state index contributed by atoms with van der Waals surface area (Å²) in [7, 11) is 0. The topological polar surface area (TPSA) is 86.0 Å². The number of aryl methyl sites for hydroxylation is 2. The molecule has 0 N–H and O–H groups in total. The maximum absolute atomic E-state index is 12.4. The van der Waals surface area contributed by atoms with E-state index in [9.17, 15) is 4.79 Å². The largest absolute Gasteiger partial charge is 0.368 e. The van der Waals surface area contributed by atoms with Gasteiger partial charge < -0.3 is 9.64 Å². The molecular weight excluding hydrogens is 296 g/mol. The molecule has 1 aliphatic rings. The highest BCUT2D eigenvalue weighted by Gasteiger charge is 2.26. The number of carbonyl (C=O) groups excluding carboxylic acids is 1. The Morgan fingerprint density at radius 2 is 2.39 bits per heavy atom. The Hall–Kier alpha value is -2.35. The molecule has 0 bridgehead atoms. The molecule has 0 unspecified atom stereocenters. The number of ether oxygens (including phenoxy) is 1. The van der Waals surface area contributed by atoms with Gasteiger partial charge in [-0.1, -0.05) is 0 Å². The van der Waals surface area contributed by atoms with Crippen LogP contribution in [0, 0.1) is 6.92 Å². The molecular formula is C15H20N6O2. The first-order chi connectivity index (χ1) is 11.2. The van der Waals surface area contributed by atoms with E-state index in [4.69, 9.17) is 4.74 Å². The lowest BCUT2D eigenvalue weighted by Crippen LogP contribution is -2.42. The van der Waals surface area contributed by atoms with Crippen LogP contribution in [0.2, 0.25) is 0 Å². The van der Waals surface area contributed by atoms with E-state index in [0.717, 1.165) is 12.1 Å². The minimum Gasteiger partial charge on any atom is -0.368 e. The van der Waals surface area contributed by atoms with E-state index < -0.39 is 0 Å². The first-order valence-corrected chi connectivity index (χ1v) is 7.74. The minimum absolute atomic E-state index is 0.143. The predicted molar refractivity (Wildman–Crippen MR) is 81.3 cm³/mol. The normalized spacial score (nSPS) is 18.1. The monoisotopic (exact) mass is 316 g/mol. The Kier molecular flexibility index (Phi) is 4.92. The Balaban J connectivity index is 1.52. The molecule has 0 aromatic carbocycles. The number of amides is 1. The first-order valence-electron chi connectivity index (χ1n) is 7.74. The van der Waals surface area contributed by atoms with Crippen LogP contribution in [-0.2, 0) is 16.1 Å².